The lowest BCUT2D eigenvalue weighted by molar-refractivity contribution is -0.384. The highest BCUT2D eigenvalue weighted by Gasteiger charge is 2.16. The van der Waals surface area contributed by atoms with Gasteiger partial charge in [-0.2, -0.15) is 0 Å². The second-order valence-electron chi connectivity index (χ2n) is 4.79. The van der Waals surface area contributed by atoms with E-state index in [-0.39, 0.29) is 17.6 Å². The summed E-state index contributed by atoms with van der Waals surface area (Å²) in [6, 6.07) is 4.40. The SMILES string of the molecule is CCCCCC(C)NC(=O)c1cc([N+](=O)[O-])ccc1I. The number of nitrogens with zero attached hydrogens (tertiary/aromatic N) is 1. The normalized spacial score (nSPS) is 11.9. The number of carbonyl (C=O) groups excluding carboxylic acids is 1. The minimum absolute atomic E-state index is 0.0609. The highest BCUT2D eigenvalue weighted by atomic mass is 127. The van der Waals surface area contributed by atoms with Crippen LogP contribution in [0.25, 0.3) is 0 Å². The van der Waals surface area contributed by atoms with Crippen LogP contribution in [-0.4, -0.2) is 16.9 Å². The third-order valence-electron chi connectivity index (χ3n) is 3.02. The number of nitrogens with one attached hydrogen (secondary N) is 1. The smallest absolute Gasteiger partial charge is 0.270 e. The van der Waals surface area contributed by atoms with Crippen LogP contribution >= 0.6 is 22.6 Å². The van der Waals surface area contributed by atoms with Gasteiger partial charge < -0.3 is 5.32 Å². The lowest BCUT2D eigenvalue weighted by atomic mass is 10.1. The number of halogens is 1. The van der Waals surface area contributed by atoms with Gasteiger partial charge in [-0.25, -0.2) is 0 Å². The lowest BCUT2D eigenvalue weighted by Gasteiger charge is -2.14. The van der Waals surface area contributed by atoms with Crippen molar-refractivity contribution in [1.82, 2.24) is 5.32 Å². The summed E-state index contributed by atoms with van der Waals surface area (Å²) in [6.45, 7) is 4.09. The molecule has 1 rings (SSSR count). The zero-order chi connectivity index (χ0) is 15.1. The molecule has 1 atom stereocenters. The number of nitro benzene ring substituents is 1. The van der Waals surface area contributed by atoms with Gasteiger partial charge in [0, 0.05) is 21.7 Å². The lowest BCUT2D eigenvalue weighted by Crippen LogP contribution is -2.33. The second kappa shape index (κ2) is 8.18. The Kier molecular flexibility index (Phi) is 6.90. The molecule has 20 heavy (non-hydrogen) atoms. The van der Waals surface area contributed by atoms with Crippen LogP contribution in [0.2, 0.25) is 0 Å². The molecular weight excluding hydrogens is 371 g/mol. The molecule has 0 bridgehead atoms. The largest absolute Gasteiger partial charge is 0.350 e. The Hall–Kier alpha value is -1.18. The van der Waals surface area contributed by atoms with Gasteiger partial charge in [-0.1, -0.05) is 26.2 Å². The van der Waals surface area contributed by atoms with E-state index in [1.807, 2.05) is 29.5 Å². The van der Waals surface area contributed by atoms with E-state index in [4.69, 9.17) is 0 Å². The van der Waals surface area contributed by atoms with Crippen molar-refractivity contribution in [3.05, 3.63) is 37.4 Å². The van der Waals surface area contributed by atoms with E-state index in [1.165, 1.54) is 12.1 Å². The van der Waals surface area contributed by atoms with Crippen LogP contribution in [0, 0.1) is 13.7 Å². The van der Waals surface area contributed by atoms with Crippen LogP contribution in [0.15, 0.2) is 18.2 Å². The standard InChI is InChI=1S/C14H19IN2O3/c1-3-4-5-6-10(2)16-14(18)12-9-11(17(19)20)7-8-13(12)15/h7-10H,3-6H2,1-2H3,(H,16,18). The first-order valence-corrected chi connectivity index (χ1v) is 7.78. The van der Waals surface area contributed by atoms with Crippen molar-refractivity contribution in [3.63, 3.8) is 0 Å². The van der Waals surface area contributed by atoms with Crippen molar-refractivity contribution in [2.75, 3.05) is 0 Å². The Labute approximate surface area is 132 Å². The van der Waals surface area contributed by atoms with Crippen molar-refractivity contribution >= 4 is 34.2 Å². The number of benzene rings is 1. The van der Waals surface area contributed by atoms with Gasteiger partial charge in [0.25, 0.3) is 11.6 Å². The van der Waals surface area contributed by atoms with Crippen LogP contribution in [0.1, 0.15) is 49.9 Å². The molecule has 5 nitrogen and oxygen atoms in total. The Balaban J connectivity index is 2.71. The van der Waals surface area contributed by atoms with Crippen LogP contribution in [0.3, 0.4) is 0 Å². The number of nitro groups is 1. The van der Waals surface area contributed by atoms with E-state index in [1.54, 1.807) is 6.07 Å². The molecule has 0 saturated heterocycles. The number of amides is 1. The topological polar surface area (TPSA) is 72.2 Å². The monoisotopic (exact) mass is 390 g/mol. The van der Waals surface area contributed by atoms with Crippen molar-refractivity contribution in [1.29, 1.82) is 0 Å². The Morgan fingerprint density at radius 2 is 2.15 bits per heavy atom. The van der Waals surface area contributed by atoms with Crippen molar-refractivity contribution < 1.29 is 9.72 Å². The van der Waals surface area contributed by atoms with Gasteiger partial charge in [0.2, 0.25) is 0 Å². The molecule has 0 aliphatic carbocycles. The highest BCUT2D eigenvalue weighted by molar-refractivity contribution is 14.1. The predicted molar refractivity (Wildman–Crippen MR) is 86.9 cm³/mol. The van der Waals surface area contributed by atoms with E-state index < -0.39 is 4.92 Å². The second-order valence-corrected chi connectivity index (χ2v) is 5.95. The van der Waals surface area contributed by atoms with Gasteiger partial charge in [0.05, 0.1) is 10.5 Å². The van der Waals surface area contributed by atoms with Gasteiger partial charge in [0.15, 0.2) is 0 Å². The molecule has 0 fully saturated rings. The molecule has 1 aromatic rings. The molecule has 0 aliphatic heterocycles. The molecule has 0 radical (unpaired) electrons. The number of rotatable bonds is 7. The molecular formula is C14H19IN2O3. The fourth-order valence-corrected chi connectivity index (χ4v) is 2.46. The van der Waals surface area contributed by atoms with Gasteiger partial charge in [-0.3, -0.25) is 14.9 Å². The highest BCUT2D eigenvalue weighted by Crippen LogP contribution is 2.19. The van der Waals surface area contributed by atoms with Gasteiger partial charge >= 0.3 is 0 Å². The predicted octanol–water partition coefficient (Wildman–Crippen LogP) is 3.90. The number of hydrogen-bond donors (Lipinski definition) is 1. The zero-order valence-corrected chi connectivity index (χ0v) is 13.8. The average molecular weight is 390 g/mol. The van der Waals surface area contributed by atoms with Crippen molar-refractivity contribution in [2.45, 2.75) is 45.6 Å². The zero-order valence-electron chi connectivity index (χ0n) is 11.7. The molecule has 6 heteroatoms. The Morgan fingerprint density at radius 3 is 2.75 bits per heavy atom. The van der Waals surface area contributed by atoms with Crippen LogP contribution in [0.4, 0.5) is 5.69 Å². The molecule has 1 aromatic carbocycles. The summed E-state index contributed by atoms with van der Waals surface area (Å²) in [6.07, 6.45) is 4.28. The summed E-state index contributed by atoms with van der Waals surface area (Å²) < 4.78 is 0.714. The molecule has 1 unspecified atom stereocenters. The first-order chi connectivity index (χ1) is 9.45. The van der Waals surface area contributed by atoms with Gasteiger partial charge in [0.1, 0.15) is 0 Å². The minimum atomic E-state index is -0.489. The summed E-state index contributed by atoms with van der Waals surface area (Å²) in [7, 11) is 0. The maximum absolute atomic E-state index is 12.1. The van der Waals surface area contributed by atoms with E-state index >= 15 is 0 Å². The van der Waals surface area contributed by atoms with E-state index in [9.17, 15) is 14.9 Å². The first-order valence-electron chi connectivity index (χ1n) is 6.70. The van der Waals surface area contributed by atoms with Crippen LogP contribution in [-0.2, 0) is 0 Å². The van der Waals surface area contributed by atoms with E-state index in [2.05, 4.69) is 12.2 Å². The first kappa shape index (κ1) is 16.9. The Bertz CT molecular complexity index is 491. The number of non-ortho nitro benzene ring substituents is 1. The van der Waals surface area contributed by atoms with Crippen molar-refractivity contribution in [2.24, 2.45) is 0 Å². The molecule has 0 aliphatic rings. The maximum atomic E-state index is 12.1. The molecule has 1 N–H and O–H groups in total. The summed E-state index contributed by atoms with van der Waals surface area (Å²) in [5, 5.41) is 13.7. The molecule has 0 saturated carbocycles. The minimum Gasteiger partial charge on any atom is -0.350 e. The fourth-order valence-electron chi connectivity index (χ4n) is 1.88. The van der Waals surface area contributed by atoms with E-state index in [0.717, 1.165) is 25.7 Å². The maximum Gasteiger partial charge on any atom is 0.270 e. The van der Waals surface area contributed by atoms with Crippen molar-refractivity contribution in [3.8, 4) is 0 Å². The summed E-state index contributed by atoms with van der Waals surface area (Å²) in [4.78, 5) is 22.4. The average Bonchev–Trinajstić information content (AvgIpc) is 2.39. The summed E-state index contributed by atoms with van der Waals surface area (Å²) >= 11 is 2.01. The quantitative estimate of drug-likeness (QED) is 0.332. The molecule has 0 aromatic heterocycles. The number of unbranched alkanes of at least 4 members (excludes halogenated alkanes) is 2. The van der Waals surface area contributed by atoms with Crippen LogP contribution < -0.4 is 5.32 Å². The molecule has 1 amide bonds. The van der Waals surface area contributed by atoms with Crippen LogP contribution in [0.5, 0.6) is 0 Å². The number of carbonyl (C=O) groups is 1. The molecule has 0 spiro atoms. The molecule has 0 heterocycles. The van der Waals surface area contributed by atoms with E-state index in [0.29, 0.717) is 9.13 Å². The van der Waals surface area contributed by atoms with Gasteiger partial charge in [-0.05, 0) is 42.0 Å². The Morgan fingerprint density at radius 1 is 1.45 bits per heavy atom. The summed E-state index contributed by atoms with van der Waals surface area (Å²) in [5.41, 5.74) is 0.302. The number of hydrogen-bond acceptors (Lipinski definition) is 3. The molecule has 110 valence electrons. The third-order valence-corrected chi connectivity index (χ3v) is 3.96. The van der Waals surface area contributed by atoms with Gasteiger partial charge in [-0.15, -0.1) is 0 Å². The fraction of sp³-hybridized carbons (Fsp3) is 0.500. The summed E-state index contributed by atoms with van der Waals surface area (Å²) in [5.74, 6) is -0.248. The third kappa shape index (κ3) is 5.07.